The summed E-state index contributed by atoms with van der Waals surface area (Å²) >= 11 is 0. The van der Waals surface area contributed by atoms with Crippen LogP contribution >= 0.6 is 0 Å². The standard InChI is InChI=1S/C14H14N2O/c15-12-6-7-16-14(9-12)17-13-5-4-10-2-1-3-11(10)8-13/h4-9H,1-3H2,(H2,15,16). The largest absolute Gasteiger partial charge is 0.439 e. The van der Waals surface area contributed by atoms with Crippen molar-refractivity contribution in [1.82, 2.24) is 4.98 Å². The molecule has 0 unspecified atom stereocenters. The van der Waals surface area contributed by atoms with Crippen LogP contribution in [0.15, 0.2) is 36.5 Å². The Labute approximate surface area is 100 Å². The van der Waals surface area contributed by atoms with E-state index >= 15 is 0 Å². The van der Waals surface area contributed by atoms with Gasteiger partial charge in [0.1, 0.15) is 5.75 Å². The Morgan fingerprint density at radius 3 is 2.82 bits per heavy atom. The Morgan fingerprint density at radius 1 is 1.06 bits per heavy atom. The fourth-order valence-electron chi connectivity index (χ4n) is 2.21. The Balaban J connectivity index is 1.86. The zero-order chi connectivity index (χ0) is 11.7. The first-order valence-electron chi connectivity index (χ1n) is 5.82. The molecule has 0 saturated heterocycles. The molecular formula is C14H14N2O. The van der Waals surface area contributed by atoms with Gasteiger partial charge in [0.05, 0.1) is 0 Å². The highest BCUT2D eigenvalue weighted by Gasteiger charge is 2.11. The van der Waals surface area contributed by atoms with Crippen molar-refractivity contribution in [2.45, 2.75) is 19.3 Å². The molecule has 3 nitrogen and oxygen atoms in total. The fourth-order valence-corrected chi connectivity index (χ4v) is 2.21. The molecule has 0 bridgehead atoms. The number of aromatic nitrogens is 1. The number of nitrogen functional groups attached to an aromatic ring is 1. The number of hydrogen-bond acceptors (Lipinski definition) is 3. The van der Waals surface area contributed by atoms with Crippen LogP contribution in [-0.2, 0) is 12.8 Å². The minimum Gasteiger partial charge on any atom is -0.439 e. The Bertz CT molecular complexity index is 552. The summed E-state index contributed by atoms with van der Waals surface area (Å²) in [4.78, 5) is 4.13. The molecule has 0 atom stereocenters. The molecule has 0 spiro atoms. The van der Waals surface area contributed by atoms with Crippen LogP contribution in [0, 0.1) is 0 Å². The second-order valence-electron chi connectivity index (χ2n) is 4.31. The zero-order valence-electron chi connectivity index (χ0n) is 9.52. The lowest BCUT2D eigenvalue weighted by Gasteiger charge is -2.07. The molecule has 86 valence electrons. The quantitative estimate of drug-likeness (QED) is 0.856. The van der Waals surface area contributed by atoms with Crippen molar-refractivity contribution in [2.75, 3.05) is 5.73 Å². The number of fused-ring (bicyclic) bond motifs is 1. The van der Waals surface area contributed by atoms with Gasteiger partial charge in [-0.25, -0.2) is 4.98 Å². The summed E-state index contributed by atoms with van der Waals surface area (Å²) in [6.45, 7) is 0. The van der Waals surface area contributed by atoms with E-state index in [1.54, 1.807) is 18.3 Å². The summed E-state index contributed by atoms with van der Waals surface area (Å²) in [7, 11) is 0. The van der Waals surface area contributed by atoms with Crippen LogP contribution < -0.4 is 10.5 Å². The minimum atomic E-state index is 0.544. The highest BCUT2D eigenvalue weighted by atomic mass is 16.5. The Hall–Kier alpha value is -2.03. The average Bonchev–Trinajstić information content (AvgIpc) is 2.76. The normalized spacial score (nSPS) is 13.4. The lowest BCUT2D eigenvalue weighted by molar-refractivity contribution is 0.463. The molecule has 1 aromatic heterocycles. The van der Waals surface area contributed by atoms with Crippen LogP contribution in [0.4, 0.5) is 5.69 Å². The number of pyridine rings is 1. The van der Waals surface area contributed by atoms with Gasteiger partial charge in [0.25, 0.3) is 0 Å². The summed E-state index contributed by atoms with van der Waals surface area (Å²) in [5, 5.41) is 0. The molecule has 1 aromatic carbocycles. The third kappa shape index (κ3) is 2.09. The van der Waals surface area contributed by atoms with Crippen LogP contribution in [-0.4, -0.2) is 4.98 Å². The lowest BCUT2D eigenvalue weighted by atomic mass is 10.1. The highest BCUT2D eigenvalue weighted by molar-refractivity contribution is 5.43. The molecule has 2 aromatic rings. The third-order valence-electron chi connectivity index (χ3n) is 3.05. The Morgan fingerprint density at radius 2 is 1.94 bits per heavy atom. The number of nitrogens with two attached hydrogens (primary N) is 1. The molecule has 17 heavy (non-hydrogen) atoms. The van der Waals surface area contributed by atoms with E-state index in [1.165, 1.54) is 24.0 Å². The maximum Gasteiger partial charge on any atom is 0.221 e. The first-order valence-corrected chi connectivity index (χ1v) is 5.82. The average molecular weight is 226 g/mol. The minimum absolute atomic E-state index is 0.544. The second-order valence-corrected chi connectivity index (χ2v) is 4.31. The summed E-state index contributed by atoms with van der Waals surface area (Å²) < 4.78 is 5.69. The molecule has 0 fully saturated rings. The third-order valence-corrected chi connectivity index (χ3v) is 3.05. The smallest absolute Gasteiger partial charge is 0.221 e. The molecule has 1 aliphatic rings. The fraction of sp³-hybridized carbons (Fsp3) is 0.214. The Kier molecular flexibility index (Phi) is 2.44. The van der Waals surface area contributed by atoms with Crippen LogP contribution in [0.3, 0.4) is 0 Å². The second kappa shape index (κ2) is 4.09. The van der Waals surface area contributed by atoms with Gasteiger partial charge in [-0.2, -0.15) is 0 Å². The molecule has 0 radical (unpaired) electrons. The number of benzene rings is 1. The first kappa shape index (κ1) is 10.1. The van der Waals surface area contributed by atoms with Gasteiger partial charge >= 0.3 is 0 Å². The van der Waals surface area contributed by atoms with E-state index in [1.807, 2.05) is 6.07 Å². The number of anilines is 1. The molecule has 3 rings (SSSR count). The molecule has 0 aliphatic heterocycles. The molecule has 0 saturated carbocycles. The predicted octanol–water partition coefficient (Wildman–Crippen LogP) is 2.94. The summed E-state index contributed by atoms with van der Waals surface area (Å²) in [6.07, 6.45) is 5.23. The molecule has 0 amide bonds. The molecule has 2 N–H and O–H groups in total. The number of aryl methyl sites for hydroxylation is 2. The maximum absolute atomic E-state index is 5.69. The van der Waals surface area contributed by atoms with E-state index in [0.717, 1.165) is 12.2 Å². The van der Waals surface area contributed by atoms with E-state index < -0.39 is 0 Å². The van der Waals surface area contributed by atoms with Crippen molar-refractivity contribution in [2.24, 2.45) is 0 Å². The molecular weight excluding hydrogens is 212 g/mol. The van der Waals surface area contributed by atoms with E-state index in [2.05, 4.69) is 17.1 Å². The van der Waals surface area contributed by atoms with Crippen molar-refractivity contribution < 1.29 is 4.74 Å². The zero-order valence-corrected chi connectivity index (χ0v) is 9.52. The van der Waals surface area contributed by atoms with Gasteiger partial charge in [0.2, 0.25) is 5.88 Å². The van der Waals surface area contributed by atoms with Gasteiger partial charge in [0.15, 0.2) is 0 Å². The van der Waals surface area contributed by atoms with E-state index in [-0.39, 0.29) is 0 Å². The summed E-state index contributed by atoms with van der Waals surface area (Å²) in [5.74, 6) is 1.38. The van der Waals surface area contributed by atoms with Crippen LogP contribution in [0.5, 0.6) is 11.6 Å². The van der Waals surface area contributed by atoms with Crippen molar-refractivity contribution in [3.05, 3.63) is 47.7 Å². The number of rotatable bonds is 2. The van der Waals surface area contributed by atoms with Gasteiger partial charge in [-0.05, 0) is 48.6 Å². The maximum atomic E-state index is 5.69. The summed E-state index contributed by atoms with van der Waals surface area (Å²) in [6, 6.07) is 9.72. The van der Waals surface area contributed by atoms with Gasteiger partial charge in [-0.15, -0.1) is 0 Å². The highest BCUT2D eigenvalue weighted by Crippen LogP contribution is 2.28. The van der Waals surface area contributed by atoms with Gasteiger partial charge in [-0.1, -0.05) is 6.07 Å². The number of nitrogens with zero attached hydrogens (tertiary/aromatic N) is 1. The predicted molar refractivity (Wildman–Crippen MR) is 67.2 cm³/mol. The molecule has 1 aliphatic carbocycles. The number of ether oxygens (including phenoxy) is 1. The van der Waals surface area contributed by atoms with Crippen LogP contribution in [0.1, 0.15) is 17.5 Å². The van der Waals surface area contributed by atoms with Gasteiger partial charge in [-0.3, -0.25) is 0 Å². The first-order chi connectivity index (χ1) is 8.31. The topological polar surface area (TPSA) is 48.1 Å². The van der Waals surface area contributed by atoms with E-state index in [4.69, 9.17) is 10.5 Å². The van der Waals surface area contributed by atoms with Crippen molar-refractivity contribution >= 4 is 5.69 Å². The van der Waals surface area contributed by atoms with Crippen LogP contribution in [0.2, 0.25) is 0 Å². The van der Waals surface area contributed by atoms with E-state index in [9.17, 15) is 0 Å². The van der Waals surface area contributed by atoms with Crippen molar-refractivity contribution in [1.29, 1.82) is 0 Å². The monoisotopic (exact) mass is 226 g/mol. The van der Waals surface area contributed by atoms with E-state index in [0.29, 0.717) is 11.6 Å². The van der Waals surface area contributed by atoms with Crippen molar-refractivity contribution in [3.63, 3.8) is 0 Å². The van der Waals surface area contributed by atoms with Crippen molar-refractivity contribution in [3.8, 4) is 11.6 Å². The van der Waals surface area contributed by atoms with Crippen LogP contribution in [0.25, 0.3) is 0 Å². The summed E-state index contributed by atoms with van der Waals surface area (Å²) in [5.41, 5.74) is 9.18. The van der Waals surface area contributed by atoms with Gasteiger partial charge < -0.3 is 10.5 Å². The molecule has 3 heteroatoms. The molecule has 1 heterocycles. The van der Waals surface area contributed by atoms with Gasteiger partial charge in [0, 0.05) is 18.0 Å². The lowest BCUT2D eigenvalue weighted by Crippen LogP contribution is -1.91. The SMILES string of the molecule is Nc1ccnc(Oc2ccc3c(c2)CCC3)c1. The number of hydrogen-bond donors (Lipinski definition) is 1.